The third-order valence-electron chi connectivity index (χ3n) is 3.55. The lowest BCUT2D eigenvalue weighted by Gasteiger charge is -2.15. The summed E-state index contributed by atoms with van der Waals surface area (Å²) in [6.45, 7) is 0. The van der Waals surface area contributed by atoms with E-state index in [1.165, 1.54) is 30.3 Å². The highest BCUT2D eigenvalue weighted by Gasteiger charge is 2.30. The number of carbonyl (C=O) groups excluding carboxylic acids is 2. The van der Waals surface area contributed by atoms with Crippen LogP contribution in [-0.4, -0.2) is 22.6 Å². The SMILES string of the molecule is O=C(NC1=NN(c2c(Cl)cc(Cl)cc2Cl)C(=O)C1)c1cccc([N+](=O)[O-])c1. The molecule has 0 spiro atoms. The molecule has 138 valence electrons. The van der Waals surface area contributed by atoms with Crippen LogP contribution in [0, 0.1) is 10.1 Å². The quantitative estimate of drug-likeness (QED) is 0.589. The van der Waals surface area contributed by atoms with Crippen molar-refractivity contribution < 1.29 is 14.5 Å². The highest BCUT2D eigenvalue weighted by Crippen LogP contribution is 2.38. The van der Waals surface area contributed by atoms with Crippen molar-refractivity contribution in [2.45, 2.75) is 6.42 Å². The van der Waals surface area contributed by atoms with Crippen LogP contribution in [0.4, 0.5) is 11.4 Å². The average Bonchev–Trinajstić information content (AvgIpc) is 2.94. The van der Waals surface area contributed by atoms with Gasteiger partial charge in [0.25, 0.3) is 17.5 Å². The van der Waals surface area contributed by atoms with E-state index in [0.717, 1.165) is 11.1 Å². The van der Waals surface area contributed by atoms with Gasteiger partial charge in [0.1, 0.15) is 11.5 Å². The third kappa shape index (κ3) is 4.02. The molecule has 0 unspecified atom stereocenters. The number of carbonyl (C=O) groups is 2. The maximum atomic E-state index is 12.3. The van der Waals surface area contributed by atoms with Crippen LogP contribution in [0.25, 0.3) is 0 Å². The average molecular weight is 428 g/mol. The molecule has 1 aliphatic heterocycles. The Kier molecular flexibility index (Phi) is 5.31. The maximum absolute atomic E-state index is 12.3. The fraction of sp³-hybridized carbons (Fsp3) is 0.0625. The molecule has 0 aliphatic carbocycles. The number of nitrogens with zero attached hydrogens (tertiary/aromatic N) is 3. The smallest absolute Gasteiger partial charge is 0.270 e. The van der Waals surface area contributed by atoms with Crippen LogP contribution in [0.1, 0.15) is 16.8 Å². The van der Waals surface area contributed by atoms with E-state index >= 15 is 0 Å². The second kappa shape index (κ2) is 7.51. The fourth-order valence-electron chi connectivity index (χ4n) is 2.37. The summed E-state index contributed by atoms with van der Waals surface area (Å²) in [5.74, 6) is -1.05. The number of hydrogen-bond donors (Lipinski definition) is 1. The zero-order valence-corrected chi connectivity index (χ0v) is 15.5. The number of benzene rings is 2. The first-order valence-electron chi connectivity index (χ1n) is 7.37. The molecule has 0 atom stereocenters. The first-order chi connectivity index (χ1) is 12.8. The van der Waals surface area contributed by atoms with Crippen molar-refractivity contribution >= 4 is 63.8 Å². The number of nitrogens with one attached hydrogen (secondary N) is 1. The van der Waals surface area contributed by atoms with Crippen LogP contribution in [0.5, 0.6) is 0 Å². The molecule has 1 aliphatic rings. The second-order valence-electron chi connectivity index (χ2n) is 5.41. The van der Waals surface area contributed by atoms with E-state index in [0.29, 0.717) is 5.02 Å². The summed E-state index contributed by atoms with van der Waals surface area (Å²) in [6.07, 6.45) is -0.198. The normalized spacial score (nSPS) is 13.5. The summed E-state index contributed by atoms with van der Waals surface area (Å²) in [5.41, 5.74) is -0.0267. The minimum absolute atomic E-state index is 0.0542. The molecule has 3 rings (SSSR count). The Labute approximate surface area is 167 Å². The Hall–Kier alpha value is -2.68. The van der Waals surface area contributed by atoms with Crippen LogP contribution in [0.3, 0.4) is 0 Å². The molecular formula is C16H9Cl3N4O4. The van der Waals surface area contributed by atoms with E-state index < -0.39 is 16.7 Å². The molecule has 1 N–H and O–H groups in total. The first-order valence-corrected chi connectivity index (χ1v) is 8.50. The molecular weight excluding hydrogens is 419 g/mol. The van der Waals surface area contributed by atoms with Gasteiger partial charge in [-0.3, -0.25) is 19.7 Å². The molecule has 0 saturated heterocycles. The summed E-state index contributed by atoms with van der Waals surface area (Å²) in [7, 11) is 0. The Morgan fingerprint density at radius 3 is 2.48 bits per heavy atom. The van der Waals surface area contributed by atoms with E-state index in [4.69, 9.17) is 34.8 Å². The number of hydrazone groups is 1. The largest absolute Gasteiger partial charge is 0.308 e. The zero-order chi connectivity index (χ0) is 19.7. The molecule has 1 heterocycles. The van der Waals surface area contributed by atoms with Gasteiger partial charge in [-0.25, -0.2) is 0 Å². The van der Waals surface area contributed by atoms with Gasteiger partial charge < -0.3 is 5.32 Å². The van der Waals surface area contributed by atoms with Crippen LogP contribution in [0.2, 0.25) is 15.1 Å². The first kappa shape index (κ1) is 19.1. The predicted molar refractivity (Wildman–Crippen MR) is 102 cm³/mol. The highest BCUT2D eigenvalue weighted by molar-refractivity contribution is 6.42. The molecule has 2 aromatic carbocycles. The monoisotopic (exact) mass is 426 g/mol. The van der Waals surface area contributed by atoms with Crippen molar-refractivity contribution in [1.29, 1.82) is 0 Å². The predicted octanol–water partition coefficient (Wildman–Crippen LogP) is 4.04. The number of halogens is 3. The lowest BCUT2D eigenvalue weighted by atomic mass is 10.2. The lowest BCUT2D eigenvalue weighted by Crippen LogP contribution is -2.29. The summed E-state index contributed by atoms with van der Waals surface area (Å²) in [5, 5.41) is 18.8. The van der Waals surface area contributed by atoms with Crippen LogP contribution in [-0.2, 0) is 4.79 Å². The van der Waals surface area contributed by atoms with Crippen LogP contribution in [0.15, 0.2) is 41.5 Å². The van der Waals surface area contributed by atoms with Gasteiger partial charge in [-0.2, -0.15) is 10.1 Å². The van der Waals surface area contributed by atoms with E-state index in [9.17, 15) is 19.7 Å². The minimum Gasteiger partial charge on any atom is -0.308 e. The number of rotatable bonds is 3. The van der Waals surface area contributed by atoms with Crippen molar-refractivity contribution in [1.82, 2.24) is 5.32 Å². The van der Waals surface area contributed by atoms with Gasteiger partial charge in [0.15, 0.2) is 0 Å². The number of nitro benzene ring substituents is 1. The number of nitro groups is 1. The van der Waals surface area contributed by atoms with Crippen LogP contribution >= 0.6 is 34.8 Å². The highest BCUT2D eigenvalue weighted by atomic mass is 35.5. The molecule has 2 amide bonds. The van der Waals surface area contributed by atoms with Gasteiger partial charge >= 0.3 is 0 Å². The van der Waals surface area contributed by atoms with Crippen molar-refractivity contribution in [2.75, 3.05) is 5.01 Å². The van der Waals surface area contributed by atoms with E-state index in [1.54, 1.807) is 0 Å². The minimum atomic E-state index is -0.639. The Morgan fingerprint density at radius 2 is 1.85 bits per heavy atom. The molecule has 0 aromatic heterocycles. The Morgan fingerprint density at radius 1 is 1.19 bits per heavy atom. The van der Waals surface area contributed by atoms with Crippen molar-refractivity contribution in [2.24, 2.45) is 5.10 Å². The molecule has 11 heteroatoms. The molecule has 0 fully saturated rings. The molecule has 0 radical (unpaired) electrons. The summed E-state index contributed by atoms with van der Waals surface area (Å²) >= 11 is 18.0. The van der Waals surface area contributed by atoms with Gasteiger partial charge in [0, 0.05) is 22.7 Å². The van der Waals surface area contributed by atoms with E-state index in [2.05, 4.69) is 10.4 Å². The zero-order valence-electron chi connectivity index (χ0n) is 13.3. The van der Waals surface area contributed by atoms with Gasteiger partial charge in [-0.05, 0) is 18.2 Å². The van der Waals surface area contributed by atoms with Crippen molar-refractivity contribution in [3.8, 4) is 0 Å². The standard InChI is InChI=1S/C16H9Cl3N4O4/c17-9-5-11(18)15(12(19)6-9)22-14(24)7-13(21-22)20-16(25)8-2-1-3-10(4-8)23(26)27/h1-6H,7H2,(H,20,21,25). The molecule has 0 saturated carbocycles. The number of amides is 2. The van der Waals surface area contributed by atoms with Gasteiger partial charge in [-0.1, -0.05) is 40.9 Å². The fourth-order valence-corrected chi connectivity index (χ4v) is 3.35. The molecule has 0 bridgehead atoms. The Bertz CT molecular complexity index is 986. The van der Waals surface area contributed by atoms with Crippen molar-refractivity contribution in [3.63, 3.8) is 0 Å². The topological polar surface area (TPSA) is 105 Å². The number of amidine groups is 1. The van der Waals surface area contributed by atoms with Gasteiger partial charge in [0.05, 0.1) is 21.4 Å². The summed E-state index contributed by atoms with van der Waals surface area (Å²) in [4.78, 5) is 34.8. The maximum Gasteiger partial charge on any atom is 0.270 e. The number of non-ortho nitro benzene ring substituents is 1. The molecule has 27 heavy (non-hydrogen) atoms. The van der Waals surface area contributed by atoms with Crippen LogP contribution < -0.4 is 10.3 Å². The molecule has 2 aromatic rings. The number of hydrogen-bond acceptors (Lipinski definition) is 5. The van der Waals surface area contributed by atoms with E-state index in [1.807, 2.05) is 0 Å². The third-order valence-corrected chi connectivity index (χ3v) is 4.34. The van der Waals surface area contributed by atoms with Gasteiger partial charge in [-0.15, -0.1) is 0 Å². The van der Waals surface area contributed by atoms with Gasteiger partial charge in [0.2, 0.25) is 0 Å². The Balaban J connectivity index is 1.84. The molecule has 8 nitrogen and oxygen atoms in total. The summed E-state index contributed by atoms with van der Waals surface area (Å²) in [6, 6.07) is 8.00. The summed E-state index contributed by atoms with van der Waals surface area (Å²) < 4.78 is 0. The van der Waals surface area contributed by atoms with E-state index in [-0.39, 0.29) is 39.2 Å². The van der Waals surface area contributed by atoms with Crippen molar-refractivity contribution in [3.05, 3.63) is 67.1 Å². The number of anilines is 1. The second-order valence-corrected chi connectivity index (χ2v) is 6.66. The lowest BCUT2D eigenvalue weighted by molar-refractivity contribution is -0.384.